The zero-order chi connectivity index (χ0) is 19.6. The van der Waals surface area contributed by atoms with Crippen molar-refractivity contribution in [2.75, 3.05) is 13.1 Å². The van der Waals surface area contributed by atoms with Crippen LogP contribution in [0.25, 0.3) is 11.5 Å². The zero-order valence-corrected chi connectivity index (χ0v) is 17.1. The second kappa shape index (κ2) is 8.27. The molecule has 2 aromatic heterocycles. The van der Waals surface area contributed by atoms with E-state index in [1.807, 2.05) is 36.4 Å². The maximum absolute atomic E-state index is 6.03. The van der Waals surface area contributed by atoms with Gasteiger partial charge in [0.05, 0.1) is 5.69 Å². The van der Waals surface area contributed by atoms with Gasteiger partial charge in [-0.3, -0.25) is 4.90 Å². The van der Waals surface area contributed by atoms with E-state index in [-0.39, 0.29) is 0 Å². The van der Waals surface area contributed by atoms with Crippen LogP contribution in [0.2, 0.25) is 5.15 Å². The van der Waals surface area contributed by atoms with Gasteiger partial charge in [-0.1, -0.05) is 35.9 Å². The third-order valence-electron chi connectivity index (χ3n) is 6.00. The quantitative estimate of drug-likeness (QED) is 0.623. The molecule has 3 heterocycles. The van der Waals surface area contributed by atoms with Gasteiger partial charge in [-0.15, -0.1) is 0 Å². The van der Waals surface area contributed by atoms with Crippen LogP contribution >= 0.6 is 11.6 Å². The lowest BCUT2D eigenvalue weighted by Crippen LogP contribution is -2.43. The average Bonchev–Trinajstić information content (AvgIpc) is 3.37. The fourth-order valence-electron chi connectivity index (χ4n) is 4.48. The molecule has 0 spiro atoms. The van der Waals surface area contributed by atoms with E-state index in [4.69, 9.17) is 16.0 Å². The van der Waals surface area contributed by atoms with Gasteiger partial charge in [-0.05, 0) is 49.4 Å². The summed E-state index contributed by atoms with van der Waals surface area (Å²) in [5, 5.41) is 4.46. The highest BCUT2D eigenvalue weighted by Crippen LogP contribution is 2.32. The molecular formula is C23H25ClN4O. The number of aromatic nitrogens is 2. The third kappa shape index (κ3) is 4.22. The first-order valence-corrected chi connectivity index (χ1v) is 10.8. The number of nitrogens with zero attached hydrogens (tertiary/aromatic N) is 3. The summed E-state index contributed by atoms with van der Waals surface area (Å²) in [5.41, 5.74) is 4.51. The summed E-state index contributed by atoms with van der Waals surface area (Å²) in [6.07, 6.45) is 6.22. The molecule has 0 amide bonds. The average molecular weight is 409 g/mol. The summed E-state index contributed by atoms with van der Waals surface area (Å²) in [6.45, 7) is 2.99. The first kappa shape index (κ1) is 18.8. The molecule has 0 radical (unpaired) electrons. The molecule has 29 heavy (non-hydrogen) atoms. The summed E-state index contributed by atoms with van der Waals surface area (Å²) < 4.78 is 5.68. The number of hydrogen-bond acceptors (Lipinski definition) is 5. The van der Waals surface area contributed by atoms with E-state index in [1.54, 1.807) is 6.26 Å². The maximum Gasteiger partial charge on any atom is 0.226 e. The number of benzene rings is 1. The summed E-state index contributed by atoms with van der Waals surface area (Å²) in [7, 11) is 0. The Morgan fingerprint density at radius 1 is 1.03 bits per heavy atom. The van der Waals surface area contributed by atoms with Gasteiger partial charge in [0.2, 0.25) is 5.89 Å². The third-order valence-corrected chi connectivity index (χ3v) is 6.21. The van der Waals surface area contributed by atoms with Crippen LogP contribution in [0.3, 0.4) is 0 Å². The minimum atomic E-state index is 0.412. The van der Waals surface area contributed by atoms with E-state index >= 15 is 0 Å². The molecule has 1 aliphatic heterocycles. The molecule has 1 N–H and O–H groups in total. The van der Waals surface area contributed by atoms with E-state index < -0.39 is 0 Å². The monoisotopic (exact) mass is 408 g/mol. The van der Waals surface area contributed by atoms with Crippen molar-refractivity contribution < 1.29 is 4.42 Å². The van der Waals surface area contributed by atoms with Gasteiger partial charge in [0, 0.05) is 43.0 Å². The summed E-state index contributed by atoms with van der Waals surface area (Å²) >= 11 is 6.03. The molecule has 0 saturated carbocycles. The van der Waals surface area contributed by atoms with E-state index in [9.17, 15) is 0 Å². The van der Waals surface area contributed by atoms with Gasteiger partial charge in [0.1, 0.15) is 11.4 Å². The van der Waals surface area contributed by atoms with Crippen molar-refractivity contribution in [1.29, 1.82) is 0 Å². The number of oxazole rings is 1. The van der Waals surface area contributed by atoms with Crippen LogP contribution in [0.5, 0.6) is 0 Å². The number of hydrogen-bond donors (Lipinski definition) is 1. The predicted molar refractivity (Wildman–Crippen MR) is 114 cm³/mol. The van der Waals surface area contributed by atoms with Gasteiger partial charge in [0.25, 0.3) is 0 Å². The van der Waals surface area contributed by atoms with Crippen molar-refractivity contribution in [2.45, 2.75) is 44.3 Å². The second-order valence-electron chi connectivity index (χ2n) is 7.99. The lowest BCUT2D eigenvalue weighted by atomic mass is 10.0. The Bertz CT molecular complexity index is 966. The van der Waals surface area contributed by atoms with Gasteiger partial charge in [-0.2, -0.15) is 0 Å². The SMILES string of the molecule is Clc1ccc2c(n1)CCC2NC1CCN(Cc2coc(-c3ccccc3)n2)CC1. The smallest absolute Gasteiger partial charge is 0.226 e. The highest BCUT2D eigenvalue weighted by molar-refractivity contribution is 6.29. The second-order valence-corrected chi connectivity index (χ2v) is 8.38. The highest BCUT2D eigenvalue weighted by atomic mass is 35.5. The van der Waals surface area contributed by atoms with E-state index in [2.05, 4.69) is 26.3 Å². The molecular weight excluding hydrogens is 384 g/mol. The molecule has 150 valence electrons. The Labute approximate surface area is 176 Å². The number of fused-ring (bicyclic) bond motifs is 1. The summed E-state index contributed by atoms with van der Waals surface area (Å²) in [4.78, 5) is 11.6. The van der Waals surface area contributed by atoms with Crippen molar-refractivity contribution >= 4 is 11.6 Å². The number of aryl methyl sites for hydroxylation is 1. The van der Waals surface area contributed by atoms with Crippen LogP contribution in [0.15, 0.2) is 53.1 Å². The Kier molecular flexibility index (Phi) is 5.36. The van der Waals surface area contributed by atoms with Crippen LogP contribution in [-0.2, 0) is 13.0 Å². The molecule has 5 nitrogen and oxygen atoms in total. The van der Waals surface area contributed by atoms with E-state index in [0.29, 0.717) is 23.1 Å². The van der Waals surface area contributed by atoms with Gasteiger partial charge in [0.15, 0.2) is 0 Å². The molecule has 3 aromatic rings. The Hall–Kier alpha value is -2.21. The molecule has 1 atom stereocenters. The van der Waals surface area contributed by atoms with E-state index in [1.165, 1.54) is 5.56 Å². The summed E-state index contributed by atoms with van der Waals surface area (Å²) in [6, 6.07) is 15.1. The minimum Gasteiger partial charge on any atom is -0.444 e. The lowest BCUT2D eigenvalue weighted by molar-refractivity contribution is 0.182. The van der Waals surface area contributed by atoms with Gasteiger partial charge < -0.3 is 9.73 Å². The van der Waals surface area contributed by atoms with Crippen molar-refractivity contribution in [1.82, 2.24) is 20.2 Å². The molecule has 6 heteroatoms. The molecule has 5 rings (SSSR count). The molecule has 1 unspecified atom stereocenters. The minimum absolute atomic E-state index is 0.412. The number of piperidine rings is 1. The maximum atomic E-state index is 6.03. The first-order chi connectivity index (χ1) is 14.2. The van der Waals surface area contributed by atoms with Gasteiger partial charge >= 0.3 is 0 Å². The number of rotatable bonds is 5. The summed E-state index contributed by atoms with van der Waals surface area (Å²) in [5.74, 6) is 0.700. The molecule has 1 fully saturated rings. The molecule has 1 aliphatic carbocycles. The Balaban J connectivity index is 1.14. The number of likely N-dealkylation sites (tertiary alicyclic amines) is 1. The number of pyridine rings is 1. The van der Waals surface area contributed by atoms with Crippen LogP contribution in [0.1, 0.15) is 42.3 Å². The Morgan fingerprint density at radius 3 is 2.69 bits per heavy atom. The fraction of sp³-hybridized carbons (Fsp3) is 0.391. The molecule has 1 aromatic carbocycles. The van der Waals surface area contributed by atoms with Crippen molar-refractivity contribution in [3.05, 3.63) is 70.8 Å². The van der Waals surface area contributed by atoms with Crippen molar-refractivity contribution in [2.24, 2.45) is 0 Å². The molecule has 1 saturated heterocycles. The fourth-order valence-corrected chi connectivity index (χ4v) is 4.64. The standard InChI is InChI=1S/C23H25ClN4O/c24-22-9-6-19-20(7-8-21(19)27-22)25-17-10-12-28(13-11-17)14-18-15-29-23(26-18)16-4-2-1-3-5-16/h1-6,9,15,17,20,25H,7-8,10-14H2. The van der Waals surface area contributed by atoms with Crippen molar-refractivity contribution in [3.63, 3.8) is 0 Å². The van der Waals surface area contributed by atoms with Crippen LogP contribution in [0, 0.1) is 0 Å². The highest BCUT2D eigenvalue weighted by Gasteiger charge is 2.28. The van der Waals surface area contributed by atoms with Crippen LogP contribution < -0.4 is 5.32 Å². The lowest BCUT2D eigenvalue weighted by Gasteiger charge is -2.33. The molecule has 2 aliphatic rings. The predicted octanol–water partition coefficient (Wildman–Crippen LogP) is 4.63. The van der Waals surface area contributed by atoms with Gasteiger partial charge in [-0.25, -0.2) is 9.97 Å². The van der Waals surface area contributed by atoms with E-state index in [0.717, 1.165) is 62.3 Å². The van der Waals surface area contributed by atoms with Crippen LogP contribution in [-0.4, -0.2) is 34.0 Å². The van der Waals surface area contributed by atoms with Crippen molar-refractivity contribution in [3.8, 4) is 11.5 Å². The number of halogens is 1. The zero-order valence-electron chi connectivity index (χ0n) is 16.4. The Morgan fingerprint density at radius 2 is 1.86 bits per heavy atom. The molecule has 0 bridgehead atoms. The van der Waals surface area contributed by atoms with Crippen LogP contribution in [0.4, 0.5) is 0 Å². The first-order valence-electron chi connectivity index (χ1n) is 10.4. The largest absolute Gasteiger partial charge is 0.444 e. The number of nitrogens with one attached hydrogen (secondary N) is 1. The normalized spacial score (nSPS) is 20.1. The topological polar surface area (TPSA) is 54.2 Å².